The number of ketones is 1. The van der Waals surface area contributed by atoms with Gasteiger partial charge >= 0.3 is 0 Å². The first kappa shape index (κ1) is 27.4. The maximum atomic E-state index is 13.5. The summed E-state index contributed by atoms with van der Waals surface area (Å²) in [6.07, 6.45) is 1.03. The number of carbonyl (C=O) groups is 1. The van der Waals surface area contributed by atoms with Gasteiger partial charge in [0.05, 0.1) is 33.6 Å². The average Bonchev–Trinajstić information content (AvgIpc) is 2.86. The van der Waals surface area contributed by atoms with Crippen molar-refractivity contribution in [2.75, 3.05) is 20.3 Å². The topological polar surface area (TPSA) is 132 Å². The summed E-state index contributed by atoms with van der Waals surface area (Å²) in [6.45, 7) is 5.09. The minimum Gasteiger partial charge on any atom is -0.488 e. The number of hydrogen-bond acceptors (Lipinski definition) is 8. The minimum atomic E-state index is -0.598. The molecule has 2 aromatic carbocycles. The zero-order valence-corrected chi connectivity index (χ0v) is 23.1. The van der Waals surface area contributed by atoms with Crippen LogP contribution in [0, 0.1) is 26.9 Å². The number of rotatable bonds is 8. The van der Waals surface area contributed by atoms with Gasteiger partial charge in [0, 0.05) is 43.5 Å². The molecule has 9 nitrogen and oxygen atoms in total. The van der Waals surface area contributed by atoms with Gasteiger partial charge in [-0.1, -0.05) is 32.0 Å². The van der Waals surface area contributed by atoms with Crippen LogP contribution in [0.1, 0.15) is 43.7 Å². The molecule has 38 heavy (non-hydrogen) atoms. The number of carbonyl (C=O) groups excluding carboxylic acids is 1. The first-order valence-corrected chi connectivity index (χ1v) is 12.9. The molecule has 0 amide bonds. The summed E-state index contributed by atoms with van der Waals surface area (Å²) in [7, 11) is 1.60. The highest BCUT2D eigenvalue weighted by Crippen LogP contribution is 2.49. The van der Waals surface area contributed by atoms with Crippen molar-refractivity contribution in [3.05, 3.63) is 90.8 Å². The van der Waals surface area contributed by atoms with Crippen molar-refractivity contribution in [2.24, 2.45) is 11.1 Å². The number of nitriles is 1. The van der Waals surface area contributed by atoms with E-state index in [-0.39, 0.29) is 23.5 Å². The highest BCUT2D eigenvalue weighted by atomic mass is 79.9. The van der Waals surface area contributed by atoms with Crippen molar-refractivity contribution in [2.45, 2.75) is 39.2 Å². The predicted octanol–water partition coefficient (Wildman–Crippen LogP) is 5.32. The summed E-state index contributed by atoms with van der Waals surface area (Å²) in [5.41, 5.74) is 9.48. The van der Waals surface area contributed by atoms with Gasteiger partial charge in [0.2, 0.25) is 0 Å². The van der Waals surface area contributed by atoms with E-state index in [9.17, 15) is 20.2 Å². The summed E-state index contributed by atoms with van der Waals surface area (Å²) in [5, 5.41) is 21.2. The van der Waals surface area contributed by atoms with E-state index in [1.54, 1.807) is 25.3 Å². The third kappa shape index (κ3) is 5.44. The van der Waals surface area contributed by atoms with E-state index in [2.05, 4.69) is 35.8 Å². The molecule has 0 fully saturated rings. The van der Waals surface area contributed by atoms with E-state index >= 15 is 0 Å². The Bertz CT molecular complexity index is 1390. The Balaban J connectivity index is 1.69. The van der Waals surface area contributed by atoms with Crippen molar-refractivity contribution in [1.82, 2.24) is 4.90 Å². The molecule has 2 aromatic rings. The molecule has 198 valence electrons. The quantitative estimate of drug-likeness (QED) is 0.327. The molecule has 0 unspecified atom stereocenters. The van der Waals surface area contributed by atoms with Crippen molar-refractivity contribution in [3.63, 3.8) is 0 Å². The number of Topliss-reactive ketones (excluding diaryl/α,β-unsaturated/α-hetero) is 1. The SMILES string of the molecule is COCCN1C(N)=C(C#N)[C@@H](c2ccc(OCc3cccc([N+](=O)[O-])c3)c(Br)c2)C2=C1CC(C)(C)CC2=O. The molecule has 0 radical (unpaired) electrons. The summed E-state index contributed by atoms with van der Waals surface area (Å²) in [4.78, 5) is 26.0. The summed E-state index contributed by atoms with van der Waals surface area (Å²) < 4.78 is 11.8. The second kappa shape index (κ2) is 11.0. The van der Waals surface area contributed by atoms with Gasteiger partial charge in [-0.2, -0.15) is 5.26 Å². The number of nitro benzene ring substituents is 1. The Morgan fingerprint density at radius 1 is 1.26 bits per heavy atom. The molecule has 1 atom stereocenters. The van der Waals surface area contributed by atoms with Gasteiger partial charge in [0.1, 0.15) is 18.2 Å². The van der Waals surface area contributed by atoms with Gasteiger partial charge in [-0.25, -0.2) is 0 Å². The molecular weight excluding hydrogens is 552 g/mol. The third-order valence-electron chi connectivity index (χ3n) is 6.81. The maximum absolute atomic E-state index is 13.5. The third-order valence-corrected chi connectivity index (χ3v) is 7.43. The van der Waals surface area contributed by atoms with Crippen LogP contribution in [-0.4, -0.2) is 35.9 Å². The molecule has 0 bridgehead atoms. The fraction of sp³-hybridized carbons (Fsp3) is 0.357. The number of ether oxygens (including phenoxy) is 2. The van der Waals surface area contributed by atoms with Gasteiger partial charge in [-0.15, -0.1) is 0 Å². The highest BCUT2D eigenvalue weighted by molar-refractivity contribution is 9.10. The Morgan fingerprint density at radius 3 is 2.68 bits per heavy atom. The van der Waals surface area contributed by atoms with Gasteiger partial charge in [-0.3, -0.25) is 14.9 Å². The first-order chi connectivity index (χ1) is 18.1. The normalized spacial score (nSPS) is 18.8. The van der Waals surface area contributed by atoms with Crippen LogP contribution in [-0.2, 0) is 16.1 Å². The second-order valence-corrected chi connectivity index (χ2v) is 11.0. The van der Waals surface area contributed by atoms with Crippen LogP contribution in [0.3, 0.4) is 0 Å². The zero-order chi connectivity index (χ0) is 27.6. The fourth-order valence-corrected chi connectivity index (χ4v) is 5.59. The van der Waals surface area contributed by atoms with Crippen LogP contribution in [0.5, 0.6) is 5.75 Å². The largest absolute Gasteiger partial charge is 0.488 e. The van der Waals surface area contributed by atoms with E-state index in [0.717, 1.165) is 11.3 Å². The van der Waals surface area contributed by atoms with E-state index in [4.69, 9.17) is 15.2 Å². The smallest absolute Gasteiger partial charge is 0.269 e. The lowest BCUT2D eigenvalue weighted by Gasteiger charge is -2.43. The van der Waals surface area contributed by atoms with E-state index < -0.39 is 10.8 Å². The fourth-order valence-electron chi connectivity index (χ4n) is 5.08. The zero-order valence-electron chi connectivity index (χ0n) is 21.5. The lowest BCUT2D eigenvalue weighted by atomic mass is 9.68. The molecule has 10 heteroatoms. The van der Waals surface area contributed by atoms with Crippen molar-refractivity contribution in [1.29, 1.82) is 5.26 Å². The lowest BCUT2D eigenvalue weighted by molar-refractivity contribution is -0.384. The number of nitrogens with zero attached hydrogens (tertiary/aromatic N) is 3. The number of non-ortho nitro benzene ring substituents is 1. The van der Waals surface area contributed by atoms with Crippen LogP contribution >= 0.6 is 15.9 Å². The number of benzene rings is 2. The minimum absolute atomic E-state index is 0.00447. The van der Waals surface area contributed by atoms with Crippen LogP contribution in [0.15, 0.2) is 69.6 Å². The highest BCUT2D eigenvalue weighted by Gasteiger charge is 2.44. The average molecular weight is 581 g/mol. The summed E-state index contributed by atoms with van der Waals surface area (Å²) >= 11 is 3.56. The summed E-state index contributed by atoms with van der Waals surface area (Å²) in [6, 6.07) is 13.9. The standard InChI is InChI=1S/C28H29BrN4O5/c1-28(2)13-22-26(23(34)14-28)25(20(15-30)27(31)32(22)9-10-37-3)18-7-8-24(21(29)12-18)38-16-17-5-4-6-19(11-17)33(35)36/h4-8,11-12,25H,9-10,13-14,16,31H2,1-3H3/t25-/m1/s1. The van der Waals surface area contributed by atoms with Crippen LogP contribution in [0.4, 0.5) is 5.69 Å². The van der Waals surface area contributed by atoms with Crippen molar-refractivity contribution >= 4 is 27.4 Å². The molecule has 1 aliphatic heterocycles. The number of nitrogens with two attached hydrogens (primary N) is 1. The number of methoxy groups -OCH3 is 1. The molecule has 0 spiro atoms. The van der Waals surface area contributed by atoms with Gasteiger partial charge < -0.3 is 20.1 Å². The molecule has 0 aromatic heterocycles. The van der Waals surface area contributed by atoms with Crippen molar-refractivity contribution < 1.29 is 19.2 Å². The van der Waals surface area contributed by atoms with Gasteiger partial charge in [0.15, 0.2) is 5.78 Å². The first-order valence-electron chi connectivity index (χ1n) is 12.1. The van der Waals surface area contributed by atoms with Crippen LogP contribution < -0.4 is 10.5 Å². The van der Waals surface area contributed by atoms with E-state index in [1.165, 1.54) is 12.1 Å². The molecule has 4 rings (SSSR count). The maximum Gasteiger partial charge on any atom is 0.269 e. The van der Waals surface area contributed by atoms with Gasteiger partial charge in [0.25, 0.3) is 5.69 Å². The van der Waals surface area contributed by atoms with Crippen molar-refractivity contribution in [3.8, 4) is 11.8 Å². The Labute approximate surface area is 229 Å². The Hall–Kier alpha value is -3.68. The van der Waals surface area contributed by atoms with Crippen LogP contribution in [0.25, 0.3) is 0 Å². The molecule has 0 saturated carbocycles. The number of nitro groups is 1. The van der Waals surface area contributed by atoms with E-state index in [1.807, 2.05) is 17.0 Å². The number of hydrogen-bond donors (Lipinski definition) is 1. The van der Waals surface area contributed by atoms with Crippen LogP contribution in [0.2, 0.25) is 0 Å². The predicted molar refractivity (Wildman–Crippen MR) is 145 cm³/mol. The molecule has 1 heterocycles. The molecule has 1 aliphatic carbocycles. The lowest BCUT2D eigenvalue weighted by Crippen LogP contribution is -2.43. The summed E-state index contributed by atoms with van der Waals surface area (Å²) in [5.74, 6) is 0.269. The molecule has 2 N–H and O–H groups in total. The van der Waals surface area contributed by atoms with E-state index in [0.29, 0.717) is 58.7 Å². The molecular formula is C28H29BrN4O5. The second-order valence-electron chi connectivity index (χ2n) is 10.2. The number of allylic oxidation sites excluding steroid dienone is 3. The molecule has 0 saturated heterocycles. The monoisotopic (exact) mass is 580 g/mol. The van der Waals surface area contributed by atoms with Gasteiger partial charge in [-0.05, 0) is 51.0 Å². The molecule has 2 aliphatic rings. The number of halogens is 1. The Kier molecular flexibility index (Phi) is 7.90. The Morgan fingerprint density at radius 2 is 2.03 bits per heavy atom.